The summed E-state index contributed by atoms with van der Waals surface area (Å²) in [6.45, 7) is 2.28. The van der Waals surface area contributed by atoms with Crippen LogP contribution in [-0.4, -0.2) is 36.3 Å². The summed E-state index contributed by atoms with van der Waals surface area (Å²) < 4.78 is 5.15. The highest BCUT2D eigenvalue weighted by atomic mass is 16.5. The number of nitrogens with zero attached hydrogens (tertiary/aromatic N) is 1. The lowest BCUT2D eigenvalue weighted by Crippen LogP contribution is -2.46. The van der Waals surface area contributed by atoms with Crippen LogP contribution in [0.4, 0.5) is 0 Å². The van der Waals surface area contributed by atoms with Gasteiger partial charge in [-0.25, -0.2) is 0 Å². The molecule has 0 aliphatic carbocycles. The standard InChI is InChI=1S/C15H18N2O4/c1-3-4-13(14(19)16-9-18)17-8-10-7-11(21-2)5-6-12(10)15(17)20/h5-7,9,13H,3-4,8H2,1-2H3,(H,16,18,19). The maximum absolute atomic E-state index is 12.4. The SMILES string of the molecule is CCCC(C(=O)NC=O)N1Cc2cc(OC)ccc2C1=O. The van der Waals surface area contributed by atoms with Gasteiger partial charge < -0.3 is 9.64 Å². The van der Waals surface area contributed by atoms with Crippen molar-refractivity contribution in [1.29, 1.82) is 0 Å². The minimum absolute atomic E-state index is 0.188. The van der Waals surface area contributed by atoms with Crippen molar-refractivity contribution in [3.05, 3.63) is 29.3 Å². The summed E-state index contributed by atoms with van der Waals surface area (Å²) in [5.74, 6) is 0.0416. The van der Waals surface area contributed by atoms with Gasteiger partial charge in [-0.05, 0) is 30.2 Å². The molecule has 21 heavy (non-hydrogen) atoms. The molecule has 1 N–H and O–H groups in total. The van der Waals surface area contributed by atoms with Crippen LogP contribution < -0.4 is 10.1 Å². The predicted octanol–water partition coefficient (Wildman–Crippen LogP) is 1.09. The fraction of sp³-hybridized carbons (Fsp3) is 0.400. The zero-order chi connectivity index (χ0) is 15.4. The van der Waals surface area contributed by atoms with Crippen LogP contribution in [0, 0.1) is 0 Å². The van der Waals surface area contributed by atoms with Gasteiger partial charge in [-0.1, -0.05) is 13.3 Å². The van der Waals surface area contributed by atoms with E-state index < -0.39 is 11.9 Å². The number of fused-ring (bicyclic) bond motifs is 1. The molecule has 6 nitrogen and oxygen atoms in total. The molecule has 0 saturated carbocycles. The van der Waals surface area contributed by atoms with Crippen molar-refractivity contribution < 1.29 is 19.1 Å². The fourth-order valence-corrected chi connectivity index (χ4v) is 2.55. The van der Waals surface area contributed by atoms with Gasteiger partial charge in [0.05, 0.1) is 7.11 Å². The van der Waals surface area contributed by atoms with Gasteiger partial charge in [-0.2, -0.15) is 0 Å². The van der Waals surface area contributed by atoms with Gasteiger partial charge in [0.15, 0.2) is 0 Å². The number of nitrogens with one attached hydrogen (secondary N) is 1. The molecule has 112 valence electrons. The summed E-state index contributed by atoms with van der Waals surface area (Å²) in [5.41, 5.74) is 1.41. The topological polar surface area (TPSA) is 75.7 Å². The first-order valence-electron chi connectivity index (χ1n) is 6.84. The Morgan fingerprint density at radius 1 is 1.52 bits per heavy atom. The molecule has 1 atom stereocenters. The second-order valence-corrected chi connectivity index (χ2v) is 4.89. The minimum atomic E-state index is -0.633. The Bertz CT molecular complexity index is 571. The number of hydrogen-bond donors (Lipinski definition) is 1. The van der Waals surface area contributed by atoms with E-state index in [2.05, 4.69) is 5.32 Å². The van der Waals surface area contributed by atoms with Gasteiger partial charge in [0.25, 0.3) is 5.91 Å². The third-order valence-corrected chi connectivity index (χ3v) is 3.59. The number of ether oxygens (including phenoxy) is 1. The summed E-state index contributed by atoms with van der Waals surface area (Å²) >= 11 is 0. The Morgan fingerprint density at radius 3 is 2.90 bits per heavy atom. The first kappa shape index (κ1) is 15.0. The van der Waals surface area contributed by atoms with Crippen LogP contribution in [0.15, 0.2) is 18.2 Å². The Balaban J connectivity index is 2.26. The molecule has 1 unspecified atom stereocenters. The van der Waals surface area contributed by atoms with Crippen molar-refractivity contribution in [3.63, 3.8) is 0 Å². The van der Waals surface area contributed by atoms with E-state index in [1.165, 1.54) is 4.90 Å². The van der Waals surface area contributed by atoms with Gasteiger partial charge >= 0.3 is 0 Å². The summed E-state index contributed by atoms with van der Waals surface area (Å²) in [6.07, 6.45) is 1.60. The fourth-order valence-electron chi connectivity index (χ4n) is 2.55. The molecule has 0 fully saturated rings. The lowest BCUT2D eigenvalue weighted by Gasteiger charge is -2.25. The second kappa shape index (κ2) is 6.39. The van der Waals surface area contributed by atoms with E-state index in [1.54, 1.807) is 25.3 Å². The summed E-state index contributed by atoms with van der Waals surface area (Å²) in [6, 6.07) is 4.59. The minimum Gasteiger partial charge on any atom is -0.497 e. The van der Waals surface area contributed by atoms with E-state index in [9.17, 15) is 14.4 Å². The molecular weight excluding hydrogens is 272 g/mol. The average Bonchev–Trinajstić information content (AvgIpc) is 2.81. The number of carbonyl (C=O) groups excluding carboxylic acids is 3. The van der Waals surface area contributed by atoms with Crippen molar-refractivity contribution in [2.24, 2.45) is 0 Å². The highest BCUT2D eigenvalue weighted by Gasteiger charge is 2.35. The molecule has 0 saturated heterocycles. The van der Waals surface area contributed by atoms with Crippen LogP contribution in [-0.2, 0) is 16.1 Å². The van der Waals surface area contributed by atoms with Crippen LogP contribution >= 0.6 is 0 Å². The molecule has 2 rings (SSSR count). The van der Waals surface area contributed by atoms with E-state index in [0.29, 0.717) is 30.7 Å². The molecule has 1 aromatic rings. The summed E-state index contributed by atoms with van der Waals surface area (Å²) in [5, 5.41) is 2.14. The normalized spacial score (nSPS) is 14.6. The molecule has 1 aliphatic heterocycles. The zero-order valence-corrected chi connectivity index (χ0v) is 12.1. The number of rotatable bonds is 6. The highest BCUT2D eigenvalue weighted by Crippen LogP contribution is 2.29. The van der Waals surface area contributed by atoms with Crippen LogP contribution in [0.5, 0.6) is 5.75 Å². The number of benzene rings is 1. The monoisotopic (exact) mass is 290 g/mol. The molecule has 0 spiro atoms. The molecule has 1 heterocycles. The molecule has 0 bridgehead atoms. The molecule has 1 aliphatic rings. The van der Waals surface area contributed by atoms with Crippen LogP contribution in [0.25, 0.3) is 0 Å². The Kier molecular flexibility index (Phi) is 4.57. The molecule has 3 amide bonds. The van der Waals surface area contributed by atoms with Crippen molar-refractivity contribution in [3.8, 4) is 5.75 Å². The van der Waals surface area contributed by atoms with E-state index in [-0.39, 0.29) is 5.91 Å². The Labute approximate surface area is 123 Å². The van der Waals surface area contributed by atoms with Crippen molar-refractivity contribution in [2.45, 2.75) is 32.4 Å². The largest absolute Gasteiger partial charge is 0.497 e. The molecule has 6 heteroatoms. The quantitative estimate of drug-likeness (QED) is 0.796. The van der Waals surface area contributed by atoms with E-state index in [1.807, 2.05) is 6.92 Å². The molecular formula is C15H18N2O4. The van der Waals surface area contributed by atoms with Crippen LogP contribution in [0.2, 0.25) is 0 Å². The second-order valence-electron chi connectivity index (χ2n) is 4.89. The average molecular weight is 290 g/mol. The molecule has 1 aromatic carbocycles. The molecule has 0 radical (unpaired) electrons. The van der Waals surface area contributed by atoms with Gasteiger partial charge in [0.2, 0.25) is 12.3 Å². The van der Waals surface area contributed by atoms with Gasteiger partial charge in [0.1, 0.15) is 11.8 Å². The predicted molar refractivity (Wildman–Crippen MR) is 75.8 cm³/mol. The lowest BCUT2D eigenvalue weighted by atomic mass is 10.1. The van der Waals surface area contributed by atoms with Crippen molar-refractivity contribution in [1.82, 2.24) is 10.2 Å². The van der Waals surface area contributed by atoms with Crippen molar-refractivity contribution in [2.75, 3.05) is 7.11 Å². The smallest absolute Gasteiger partial charge is 0.255 e. The van der Waals surface area contributed by atoms with E-state index in [4.69, 9.17) is 4.74 Å². The van der Waals surface area contributed by atoms with Crippen LogP contribution in [0.1, 0.15) is 35.7 Å². The first-order valence-corrected chi connectivity index (χ1v) is 6.84. The Hall–Kier alpha value is -2.37. The van der Waals surface area contributed by atoms with Crippen molar-refractivity contribution >= 4 is 18.2 Å². The van der Waals surface area contributed by atoms with Crippen LogP contribution in [0.3, 0.4) is 0 Å². The summed E-state index contributed by atoms with van der Waals surface area (Å²) in [7, 11) is 1.56. The Morgan fingerprint density at radius 2 is 2.29 bits per heavy atom. The van der Waals surface area contributed by atoms with Gasteiger partial charge in [-0.3, -0.25) is 19.7 Å². The van der Waals surface area contributed by atoms with E-state index in [0.717, 1.165) is 12.0 Å². The number of methoxy groups -OCH3 is 1. The number of carbonyl (C=O) groups is 3. The number of imide groups is 1. The number of hydrogen-bond acceptors (Lipinski definition) is 4. The molecule has 0 aromatic heterocycles. The van der Waals surface area contributed by atoms with Gasteiger partial charge in [-0.15, -0.1) is 0 Å². The van der Waals surface area contributed by atoms with E-state index >= 15 is 0 Å². The van der Waals surface area contributed by atoms with Gasteiger partial charge in [0, 0.05) is 12.1 Å². The third-order valence-electron chi connectivity index (χ3n) is 3.59. The third kappa shape index (κ3) is 2.89. The number of amides is 3. The maximum Gasteiger partial charge on any atom is 0.255 e. The highest BCUT2D eigenvalue weighted by molar-refractivity contribution is 6.02. The first-order chi connectivity index (χ1) is 10.1. The zero-order valence-electron chi connectivity index (χ0n) is 12.1. The maximum atomic E-state index is 12.4. The summed E-state index contributed by atoms with van der Waals surface area (Å²) in [4.78, 5) is 36.4. The lowest BCUT2D eigenvalue weighted by molar-refractivity contribution is -0.129.